The zero-order valence-electron chi connectivity index (χ0n) is 13.6. The van der Waals surface area contributed by atoms with E-state index in [2.05, 4.69) is 39.0 Å². The highest BCUT2D eigenvalue weighted by Crippen LogP contribution is 2.26. The first kappa shape index (κ1) is 16.5. The molecule has 0 spiro atoms. The van der Waals surface area contributed by atoms with Crippen molar-refractivity contribution in [1.29, 1.82) is 0 Å². The third-order valence-electron chi connectivity index (χ3n) is 5.16. The fraction of sp³-hybridized carbons (Fsp3) is 0.500. The number of likely N-dealkylation sites (tertiary alicyclic amines) is 1. The number of rotatable bonds is 3. The average Bonchev–Trinajstić information content (AvgIpc) is 2.99. The normalized spacial score (nSPS) is 25.6. The van der Waals surface area contributed by atoms with Crippen LogP contribution in [0.3, 0.4) is 0 Å². The number of fused-ring (bicyclic) bond motifs is 1. The van der Waals surface area contributed by atoms with Crippen LogP contribution in [0.2, 0.25) is 4.47 Å². The lowest BCUT2D eigenvalue weighted by Gasteiger charge is -2.43. The Hall–Kier alpha value is -0.980. The second kappa shape index (κ2) is 7.10. The molecular weight excluding hydrogens is 342 g/mol. The van der Waals surface area contributed by atoms with E-state index < -0.39 is 0 Å². The van der Waals surface area contributed by atoms with Gasteiger partial charge in [-0.15, -0.1) is 11.3 Å². The molecule has 0 radical (unpaired) electrons. The number of nitrogens with zero attached hydrogens (tertiary/aromatic N) is 3. The fourth-order valence-electron chi connectivity index (χ4n) is 3.93. The van der Waals surface area contributed by atoms with Gasteiger partial charge in [0.2, 0.25) is 0 Å². The van der Waals surface area contributed by atoms with E-state index in [1.165, 1.54) is 22.5 Å². The van der Waals surface area contributed by atoms with E-state index in [1.54, 1.807) is 0 Å². The van der Waals surface area contributed by atoms with Crippen molar-refractivity contribution in [3.05, 3.63) is 50.9 Å². The van der Waals surface area contributed by atoms with Crippen molar-refractivity contribution in [2.24, 2.45) is 0 Å². The molecule has 1 saturated heterocycles. The molecule has 128 valence electrons. The van der Waals surface area contributed by atoms with Crippen LogP contribution in [0, 0.1) is 0 Å². The minimum atomic E-state index is -0.299. The number of halogens is 1. The third-order valence-corrected chi connectivity index (χ3v) is 6.26. The van der Waals surface area contributed by atoms with Gasteiger partial charge in [-0.3, -0.25) is 9.80 Å². The minimum absolute atomic E-state index is 0.264. The molecule has 1 aromatic heterocycles. The average molecular weight is 364 g/mol. The van der Waals surface area contributed by atoms with Gasteiger partial charge in [0, 0.05) is 49.8 Å². The van der Waals surface area contributed by atoms with Gasteiger partial charge in [0.1, 0.15) is 0 Å². The first-order valence-corrected chi connectivity index (χ1v) is 9.70. The Balaban J connectivity index is 1.37. The predicted molar refractivity (Wildman–Crippen MR) is 97.4 cm³/mol. The molecule has 3 heterocycles. The monoisotopic (exact) mass is 363 g/mol. The van der Waals surface area contributed by atoms with Gasteiger partial charge < -0.3 is 5.11 Å². The summed E-state index contributed by atoms with van der Waals surface area (Å²) in [4.78, 5) is 10.0. The van der Waals surface area contributed by atoms with Crippen LogP contribution in [0.1, 0.15) is 22.4 Å². The Kier molecular flexibility index (Phi) is 4.88. The number of hydrogen-bond donors (Lipinski definition) is 1. The van der Waals surface area contributed by atoms with Crippen molar-refractivity contribution in [3.63, 3.8) is 0 Å². The lowest BCUT2D eigenvalue weighted by molar-refractivity contribution is -0.0202. The Morgan fingerprint density at radius 2 is 2.08 bits per heavy atom. The molecule has 1 N–H and O–H groups in total. The van der Waals surface area contributed by atoms with Crippen LogP contribution in [0.5, 0.6) is 0 Å². The molecule has 4 nitrogen and oxygen atoms in total. The summed E-state index contributed by atoms with van der Waals surface area (Å²) in [5.41, 5.74) is 2.88. The van der Waals surface area contributed by atoms with E-state index >= 15 is 0 Å². The lowest BCUT2D eigenvalue weighted by Crippen LogP contribution is -2.54. The first-order valence-electron chi connectivity index (χ1n) is 8.50. The summed E-state index contributed by atoms with van der Waals surface area (Å²) >= 11 is 7.43. The van der Waals surface area contributed by atoms with Crippen molar-refractivity contribution < 1.29 is 5.11 Å². The number of benzene rings is 1. The second-order valence-electron chi connectivity index (χ2n) is 6.73. The van der Waals surface area contributed by atoms with Gasteiger partial charge in [-0.1, -0.05) is 35.9 Å². The van der Waals surface area contributed by atoms with Crippen molar-refractivity contribution >= 4 is 22.9 Å². The molecule has 0 bridgehead atoms. The fourth-order valence-corrected chi connectivity index (χ4v) is 4.95. The summed E-state index contributed by atoms with van der Waals surface area (Å²) in [6.07, 6.45) is 3.64. The lowest BCUT2D eigenvalue weighted by atomic mass is 9.94. The van der Waals surface area contributed by atoms with Gasteiger partial charge in [0.25, 0.3) is 0 Å². The van der Waals surface area contributed by atoms with Gasteiger partial charge in [0.05, 0.1) is 6.10 Å². The van der Waals surface area contributed by atoms with Crippen molar-refractivity contribution in [3.8, 4) is 0 Å². The number of aliphatic hydroxyl groups excluding tert-OH is 1. The van der Waals surface area contributed by atoms with E-state index in [4.69, 9.17) is 11.6 Å². The molecule has 2 aliphatic rings. The molecular formula is C18H22ClN3OS. The van der Waals surface area contributed by atoms with Crippen molar-refractivity contribution in [2.45, 2.75) is 38.1 Å². The van der Waals surface area contributed by atoms with Gasteiger partial charge in [0.15, 0.2) is 4.47 Å². The molecule has 6 heteroatoms. The molecule has 1 fully saturated rings. The number of aliphatic hydroxyl groups is 1. The Morgan fingerprint density at radius 3 is 2.83 bits per heavy atom. The van der Waals surface area contributed by atoms with Crippen LogP contribution in [-0.2, 0) is 19.5 Å². The van der Waals surface area contributed by atoms with Crippen LogP contribution in [0.25, 0.3) is 0 Å². The molecule has 0 amide bonds. The molecule has 0 unspecified atom stereocenters. The maximum absolute atomic E-state index is 10.7. The zero-order valence-corrected chi connectivity index (χ0v) is 15.1. The summed E-state index contributed by atoms with van der Waals surface area (Å²) in [6.45, 7) is 4.57. The highest BCUT2D eigenvalue weighted by atomic mass is 35.5. The highest BCUT2D eigenvalue weighted by Gasteiger charge is 2.33. The molecule has 1 aromatic carbocycles. The predicted octanol–water partition coefficient (Wildman–Crippen LogP) is 2.79. The van der Waals surface area contributed by atoms with Gasteiger partial charge in [-0.25, -0.2) is 4.98 Å². The Labute approximate surface area is 151 Å². The molecule has 4 rings (SSSR count). The van der Waals surface area contributed by atoms with E-state index in [0.29, 0.717) is 4.47 Å². The van der Waals surface area contributed by atoms with Crippen molar-refractivity contribution in [1.82, 2.24) is 14.8 Å². The van der Waals surface area contributed by atoms with Crippen LogP contribution in [-0.4, -0.2) is 51.7 Å². The summed E-state index contributed by atoms with van der Waals surface area (Å²) in [5, 5.41) is 10.7. The van der Waals surface area contributed by atoms with Crippen LogP contribution in [0.4, 0.5) is 0 Å². The largest absolute Gasteiger partial charge is 0.390 e. The van der Waals surface area contributed by atoms with Crippen molar-refractivity contribution in [2.75, 3.05) is 19.6 Å². The van der Waals surface area contributed by atoms with Gasteiger partial charge >= 0.3 is 0 Å². The molecule has 2 aliphatic heterocycles. The highest BCUT2D eigenvalue weighted by molar-refractivity contribution is 7.15. The second-order valence-corrected chi connectivity index (χ2v) is 8.42. The topological polar surface area (TPSA) is 39.6 Å². The summed E-state index contributed by atoms with van der Waals surface area (Å²) < 4.78 is 0.590. The summed E-state index contributed by atoms with van der Waals surface area (Å²) in [6, 6.07) is 8.94. The smallest absolute Gasteiger partial charge is 0.183 e. The zero-order chi connectivity index (χ0) is 16.5. The summed E-state index contributed by atoms with van der Waals surface area (Å²) in [5.74, 6) is 0. The maximum atomic E-state index is 10.7. The van der Waals surface area contributed by atoms with Crippen LogP contribution >= 0.6 is 22.9 Å². The number of hydrogen-bond acceptors (Lipinski definition) is 5. The SMILES string of the molecule is O[C@@H]1CN(Cc2cnc(Cl)s2)CC[C@H]1N1CCc2ccccc2C1. The van der Waals surface area contributed by atoms with Crippen LogP contribution in [0.15, 0.2) is 30.5 Å². The number of β-amino-alcohol motifs (C(OH)–C–C–N with tert-alkyl or cyclic N) is 1. The maximum Gasteiger partial charge on any atom is 0.183 e. The number of thiazole rings is 1. The third kappa shape index (κ3) is 3.51. The Bertz CT molecular complexity index is 707. The molecule has 0 saturated carbocycles. The standard InChI is InChI=1S/C18H22ClN3OS/c19-18-20-9-15(24-18)11-21-7-6-16(17(23)12-21)22-8-5-13-3-1-2-4-14(13)10-22/h1-4,9,16-17,23H,5-8,10-12H2/t16-,17-/m1/s1. The number of aromatic nitrogens is 1. The van der Waals surface area contributed by atoms with E-state index in [0.717, 1.165) is 50.4 Å². The first-order chi connectivity index (χ1) is 11.7. The quantitative estimate of drug-likeness (QED) is 0.910. The summed E-state index contributed by atoms with van der Waals surface area (Å²) in [7, 11) is 0. The molecule has 24 heavy (non-hydrogen) atoms. The van der Waals surface area contributed by atoms with Crippen LogP contribution < -0.4 is 0 Å². The van der Waals surface area contributed by atoms with Gasteiger partial charge in [-0.2, -0.15) is 0 Å². The number of piperidine rings is 1. The van der Waals surface area contributed by atoms with E-state index in [9.17, 15) is 5.11 Å². The van der Waals surface area contributed by atoms with Gasteiger partial charge in [-0.05, 0) is 24.0 Å². The molecule has 2 aromatic rings. The molecule has 0 aliphatic carbocycles. The van der Waals surface area contributed by atoms with E-state index in [-0.39, 0.29) is 12.1 Å². The Morgan fingerprint density at radius 1 is 1.25 bits per heavy atom. The minimum Gasteiger partial charge on any atom is -0.390 e. The molecule has 2 atom stereocenters. The van der Waals surface area contributed by atoms with E-state index in [1.807, 2.05) is 6.20 Å².